The summed E-state index contributed by atoms with van der Waals surface area (Å²) in [6, 6.07) is 7.23. The summed E-state index contributed by atoms with van der Waals surface area (Å²) in [5.41, 5.74) is -1.01. The van der Waals surface area contributed by atoms with Gasteiger partial charge in [-0.15, -0.1) is 10.2 Å². The topological polar surface area (TPSA) is 30.7 Å². The molecule has 0 amide bonds. The number of aromatic nitrogens is 3. The van der Waals surface area contributed by atoms with Gasteiger partial charge in [0, 0.05) is 11.5 Å². The van der Waals surface area contributed by atoms with Crippen LogP contribution in [0.1, 0.15) is 24.7 Å². The van der Waals surface area contributed by atoms with Gasteiger partial charge in [-0.25, -0.2) is 4.39 Å². The predicted molar refractivity (Wildman–Crippen MR) is 67.3 cm³/mol. The molecule has 2 aromatic rings. The van der Waals surface area contributed by atoms with E-state index in [1.807, 2.05) is 12.1 Å². The molecule has 3 nitrogen and oxygen atoms in total. The maximum absolute atomic E-state index is 15.1. The first-order valence-corrected chi connectivity index (χ1v) is 6.16. The van der Waals surface area contributed by atoms with E-state index in [0.717, 1.165) is 4.47 Å². The highest BCUT2D eigenvalue weighted by atomic mass is 79.9. The predicted octanol–water partition coefficient (Wildman–Crippen LogP) is 3.20. The number of rotatable bonds is 3. The summed E-state index contributed by atoms with van der Waals surface area (Å²) < 4.78 is 17.6. The van der Waals surface area contributed by atoms with Crippen LogP contribution in [-0.4, -0.2) is 14.8 Å². The summed E-state index contributed by atoms with van der Waals surface area (Å²) >= 11 is 3.36. The van der Waals surface area contributed by atoms with Crippen molar-refractivity contribution in [2.24, 2.45) is 7.05 Å². The zero-order chi connectivity index (χ0) is 12.5. The van der Waals surface area contributed by atoms with E-state index >= 15 is 4.39 Å². The zero-order valence-electron chi connectivity index (χ0n) is 9.69. The SMILES string of the molecule is CC[C@](F)(c1cccc(Br)c1)c1nncn1C. The van der Waals surface area contributed by atoms with E-state index < -0.39 is 5.67 Å². The highest BCUT2D eigenvalue weighted by Crippen LogP contribution is 2.36. The monoisotopic (exact) mass is 297 g/mol. The molecule has 0 bridgehead atoms. The highest BCUT2D eigenvalue weighted by molar-refractivity contribution is 9.10. The van der Waals surface area contributed by atoms with Gasteiger partial charge in [-0.2, -0.15) is 0 Å². The van der Waals surface area contributed by atoms with E-state index in [2.05, 4.69) is 26.1 Å². The van der Waals surface area contributed by atoms with Crippen LogP contribution in [0.2, 0.25) is 0 Å². The summed E-state index contributed by atoms with van der Waals surface area (Å²) in [4.78, 5) is 0. The summed E-state index contributed by atoms with van der Waals surface area (Å²) in [6.45, 7) is 1.80. The lowest BCUT2D eigenvalue weighted by molar-refractivity contribution is 0.194. The van der Waals surface area contributed by atoms with Crippen molar-refractivity contribution < 1.29 is 4.39 Å². The van der Waals surface area contributed by atoms with Gasteiger partial charge in [0.05, 0.1) is 0 Å². The molecule has 1 heterocycles. The lowest BCUT2D eigenvalue weighted by atomic mass is 9.92. The van der Waals surface area contributed by atoms with Crippen LogP contribution in [0.25, 0.3) is 0 Å². The van der Waals surface area contributed by atoms with Crippen LogP contribution in [0.15, 0.2) is 35.1 Å². The van der Waals surface area contributed by atoms with Crippen molar-refractivity contribution in [2.75, 3.05) is 0 Å². The molecule has 0 unspecified atom stereocenters. The van der Waals surface area contributed by atoms with Crippen LogP contribution >= 0.6 is 15.9 Å². The third-order valence-corrected chi connectivity index (χ3v) is 3.33. The normalized spacial score (nSPS) is 14.6. The van der Waals surface area contributed by atoms with Crippen molar-refractivity contribution in [3.8, 4) is 0 Å². The molecular formula is C12H13BrFN3. The molecule has 0 N–H and O–H groups in total. The van der Waals surface area contributed by atoms with Gasteiger partial charge in [-0.05, 0) is 24.1 Å². The molecule has 0 spiro atoms. The molecule has 5 heteroatoms. The summed E-state index contributed by atoms with van der Waals surface area (Å²) in [5, 5.41) is 7.63. The van der Waals surface area contributed by atoms with Crippen molar-refractivity contribution in [3.05, 3.63) is 46.5 Å². The van der Waals surface area contributed by atoms with Gasteiger partial charge in [0.15, 0.2) is 11.5 Å². The minimum absolute atomic E-state index is 0.315. The van der Waals surface area contributed by atoms with E-state index in [1.165, 1.54) is 6.33 Å². The van der Waals surface area contributed by atoms with E-state index in [1.54, 1.807) is 30.7 Å². The maximum atomic E-state index is 15.1. The molecule has 90 valence electrons. The summed E-state index contributed by atoms with van der Waals surface area (Å²) in [5.74, 6) is 0.332. The van der Waals surface area contributed by atoms with E-state index in [0.29, 0.717) is 17.8 Å². The Labute approximate surface area is 108 Å². The average Bonchev–Trinajstić information content (AvgIpc) is 2.75. The molecule has 0 aliphatic heterocycles. The largest absolute Gasteiger partial charge is 0.318 e. The molecule has 0 aliphatic rings. The Morgan fingerprint density at radius 2 is 2.24 bits per heavy atom. The first-order chi connectivity index (χ1) is 8.08. The molecule has 1 aromatic carbocycles. The number of hydrogen-bond donors (Lipinski definition) is 0. The second kappa shape index (κ2) is 4.56. The quantitative estimate of drug-likeness (QED) is 0.871. The fourth-order valence-electron chi connectivity index (χ4n) is 1.87. The molecule has 0 saturated heterocycles. The molecule has 1 atom stereocenters. The van der Waals surface area contributed by atoms with Crippen molar-refractivity contribution in [1.82, 2.24) is 14.8 Å². The Morgan fingerprint density at radius 1 is 1.47 bits per heavy atom. The van der Waals surface area contributed by atoms with Gasteiger partial charge in [0.2, 0.25) is 0 Å². The fraction of sp³-hybridized carbons (Fsp3) is 0.333. The van der Waals surface area contributed by atoms with E-state index in [4.69, 9.17) is 0 Å². The maximum Gasteiger partial charge on any atom is 0.195 e. The van der Waals surface area contributed by atoms with Crippen LogP contribution < -0.4 is 0 Å². The minimum atomic E-state index is -1.60. The van der Waals surface area contributed by atoms with Crippen LogP contribution in [0.5, 0.6) is 0 Å². The van der Waals surface area contributed by atoms with Gasteiger partial charge in [-0.1, -0.05) is 35.0 Å². The molecule has 0 fully saturated rings. The van der Waals surface area contributed by atoms with Crippen molar-refractivity contribution in [1.29, 1.82) is 0 Å². The van der Waals surface area contributed by atoms with Crippen molar-refractivity contribution in [2.45, 2.75) is 19.0 Å². The Kier molecular flexibility index (Phi) is 3.28. The Balaban J connectivity index is 2.55. The number of hydrogen-bond acceptors (Lipinski definition) is 2. The number of halogens is 2. The van der Waals surface area contributed by atoms with Crippen molar-refractivity contribution >= 4 is 15.9 Å². The van der Waals surface area contributed by atoms with Crippen LogP contribution in [0, 0.1) is 0 Å². The smallest absolute Gasteiger partial charge is 0.195 e. The molecule has 1 aromatic heterocycles. The number of aryl methyl sites for hydroxylation is 1. The van der Waals surface area contributed by atoms with Gasteiger partial charge >= 0.3 is 0 Å². The van der Waals surface area contributed by atoms with Gasteiger partial charge < -0.3 is 4.57 Å². The van der Waals surface area contributed by atoms with Gasteiger partial charge in [0.25, 0.3) is 0 Å². The standard InChI is InChI=1S/C12H13BrFN3/c1-3-12(14,11-16-15-8-17(11)2)9-5-4-6-10(13)7-9/h4-8H,3H2,1-2H3/t12-/m0/s1. The lowest BCUT2D eigenvalue weighted by Gasteiger charge is -2.23. The number of nitrogens with zero attached hydrogens (tertiary/aromatic N) is 3. The summed E-state index contributed by atoms with van der Waals surface area (Å²) in [7, 11) is 1.75. The van der Waals surface area contributed by atoms with Crippen LogP contribution in [0.4, 0.5) is 4.39 Å². The second-order valence-electron chi connectivity index (χ2n) is 3.93. The van der Waals surface area contributed by atoms with E-state index in [-0.39, 0.29) is 0 Å². The first-order valence-electron chi connectivity index (χ1n) is 5.37. The Morgan fingerprint density at radius 3 is 2.76 bits per heavy atom. The van der Waals surface area contributed by atoms with Gasteiger partial charge in [0.1, 0.15) is 6.33 Å². The fourth-order valence-corrected chi connectivity index (χ4v) is 2.27. The molecule has 0 aliphatic carbocycles. The lowest BCUT2D eigenvalue weighted by Crippen LogP contribution is -2.25. The second-order valence-corrected chi connectivity index (χ2v) is 4.85. The molecule has 0 saturated carbocycles. The molecule has 17 heavy (non-hydrogen) atoms. The third-order valence-electron chi connectivity index (χ3n) is 2.84. The highest BCUT2D eigenvalue weighted by Gasteiger charge is 2.36. The Hall–Kier alpha value is -1.23. The molecule has 2 rings (SSSR count). The average molecular weight is 298 g/mol. The molecule has 0 radical (unpaired) electrons. The third kappa shape index (κ3) is 2.11. The number of benzene rings is 1. The van der Waals surface area contributed by atoms with Crippen LogP contribution in [-0.2, 0) is 12.7 Å². The Bertz CT molecular complexity index is 526. The van der Waals surface area contributed by atoms with Crippen molar-refractivity contribution in [3.63, 3.8) is 0 Å². The minimum Gasteiger partial charge on any atom is -0.318 e. The van der Waals surface area contributed by atoms with Gasteiger partial charge in [-0.3, -0.25) is 0 Å². The molecular weight excluding hydrogens is 285 g/mol. The zero-order valence-corrected chi connectivity index (χ0v) is 11.3. The summed E-state index contributed by atoms with van der Waals surface area (Å²) in [6.07, 6.45) is 1.83. The number of alkyl halides is 1. The first kappa shape index (κ1) is 12.2. The van der Waals surface area contributed by atoms with Crippen LogP contribution in [0.3, 0.4) is 0 Å². The van der Waals surface area contributed by atoms with E-state index in [9.17, 15) is 0 Å².